The molecule has 2 aliphatic carbocycles. The van der Waals surface area contributed by atoms with E-state index in [1.807, 2.05) is 0 Å². The van der Waals surface area contributed by atoms with Crippen molar-refractivity contribution in [3.8, 4) is 0 Å². The molecule has 4 atom stereocenters. The molecule has 0 saturated heterocycles. The molecule has 2 N–H and O–H groups in total. The summed E-state index contributed by atoms with van der Waals surface area (Å²) >= 11 is 0. The normalized spacial score (nSPS) is 33.6. The van der Waals surface area contributed by atoms with E-state index in [4.69, 9.17) is 5.11 Å². The summed E-state index contributed by atoms with van der Waals surface area (Å²) in [7, 11) is 0. The third-order valence-electron chi connectivity index (χ3n) is 3.78. The van der Waals surface area contributed by atoms with Crippen molar-refractivity contribution in [1.29, 1.82) is 0 Å². The van der Waals surface area contributed by atoms with Crippen molar-refractivity contribution < 1.29 is 9.90 Å². The molecule has 90 valence electrons. The Morgan fingerprint density at radius 3 is 2.88 bits per heavy atom. The van der Waals surface area contributed by atoms with E-state index in [1.54, 1.807) is 0 Å². The highest BCUT2D eigenvalue weighted by Crippen LogP contribution is 2.42. The van der Waals surface area contributed by atoms with E-state index in [9.17, 15) is 4.79 Å². The summed E-state index contributed by atoms with van der Waals surface area (Å²) in [4.78, 5) is 11.1. The topological polar surface area (TPSA) is 49.3 Å². The van der Waals surface area contributed by atoms with Crippen LogP contribution in [0.25, 0.3) is 0 Å². The number of allylic oxidation sites excluding steroid dienone is 1. The van der Waals surface area contributed by atoms with E-state index in [1.165, 1.54) is 6.42 Å². The maximum absolute atomic E-state index is 11.1. The van der Waals surface area contributed by atoms with Gasteiger partial charge in [-0.05, 0) is 37.0 Å². The second-order valence-corrected chi connectivity index (χ2v) is 5.53. The molecular weight excluding hydrogens is 202 g/mol. The standard InChI is InChI=1S/C13H21NO2/c1-8(2)6-12(13(15)16)14-11-7-9-4-3-5-10(9)11/h3,5,8-12,14H,4,6-7H2,1-2H3,(H,15,16). The highest BCUT2D eigenvalue weighted by molar-refractivity contribution is 5.73. The minimum atomic E-state index is -0.709. The zero-order chi connectivity index (χ0) is 11.7. The van der Waals surface area contributed by atoms with Gasteiger partial charge in [-0.15, -0.1) is 0 Å². The van der Waals surface area contributed by atoms with Crippen molar-refractivity contribution >= 4 is 5.97 Å². The highest BCUT2D eigenvalue weighted by Gasteiger charge is 2.42. The number of carboxylic acids is 1. The first-order valence-corrected chi connectivity index (χ1v) is 6.23. The van der Waals surface area contributed by atoms with E-state index in [2.05, 4.69) is 31.3 Å². The van der Waals surface area contributed by atoms with Crippen LogP contribution in [0, 0.1) is 17.8 Å². The lowest BCUT2D eigenvalue weighted by molar-refractivity contribution is -0.140. The van der Waals surface area contributed by atoms with Gasteiger partial charge in [-0.1, -0.05) is 26.0 Å². The van der Waals surface area contributed by atoms with Crippen LogP contribution in [0.1, 0.15) is 33.1 Å². The largest absolute Gasteiger partial charge is 0.480 e. The van der Waals surface area contributed by atoms with Crippen LogP contribution in [0.15, 0.2) is 12.2 Å². The zero-order valence-corrected chi connectivity index (χ0v) is 10.0. The number of fused-ring (bicyclic) bond motifs is 1. The number of carboxylic acid groups (broad SMARTS) is 1. The van der Waals surface area contributed by atoms with E-state index in [-0.39, 0.29) is 6.04 Å². The molecule has 0 amide bonds. The van der Waals surface area contributed by atoms with Gasteiger partial charge in [-0.3, -0.25) is 4.79 Å². The fraction of sp³-hybridized carbons (Fsp3) is 0.769. The fourth-order valence-electron chi connectivity index (χ4n) is 2.88. The minimum absolute atomic E-state index is 0.375. The third kappa shape index (κ3) is 2.29. The first-order valence-electron chi connectivity index (χ1n) is 6.23. The zero-order valence-electron chi connectivity index (χ0n) is 10.0. The lowest BCUT2D eigenvalue weighted by Gasteiger charge is -2.42. The lowest BCUT2D eigenvalue weighted by Crippen LogP contribution is -2.54. The molecule has 2 rings (SSSR count). The summed E-state index contributed by atoms with van der Waals surface area (Å²) in [5, 5.41) is 12.5. The van der Waals surface area contributed by atoms with Crippen LogP contribution in [-0.2, 0) is 4.79 Å². The molecule has 4 unspecified atom stereocenters. The van der Waals surface area contributed by atoms with E-state index < -0.39 is 5.97 Å². The first kappa shape index (κ1) is 11.6. The summed E-state index contributed by atoms with van der Waals surface area (Å²) in [6.45, 7) is 4.13. The second kappa shape index (κ2) is 4.58. The Kier molecular flexibility index (Phi) is 3.33. The van der Waals surface area contributed by atoms with Gasteiger partial charge in [0.15, 0.2) is 0 Å². The minimum Gasteiger partial charge on any atom is -0.480 e. The smallest absolute Gasteiger partial charge is 0.320 e. The molecule has 0 aliphatic heterocycles. The number of hydrogen-bond donors (Lipinski definition) is 2. The van der Waals surface area contributed by atoms with Gasteiger partial charge >= 0.3 is 5.97 Å². The quantitative estimate of drug-likeness (QED) is 0.701. The average molecular weight is 223 g/mol. The molecule has 0 spiro atoms. The molecule has 0 radical (unpaired) electrons. The Balaban J connectivity index is 1.86. The number of carbonyl (C=O) groups is 1. The van der Waals surface area contributed by atoms with Crippen molar-refractivity contribution in [2.75, 3.05) is 0 Å². The summed E-state index contributed by atoms with van der Waals surface area (Å²) in [6, 6.07) is 0.0172. The van der Waals surface area contributed by atoms with Crippen molar-refractivity contribution in [2.24, 2.45) is 17.8 Å². The number of rotatable bonds is 5. The Hall–Kier alpha value is -0.830. The van der Waals surface area contributed by atoms with Crippen LogP contribution in [0.4, 0.5) is 0 Å². The van der Waals surface area contributed by atoms with Crippen LogP contribution in [0.5, 0.6) is 0 Å². The molecule has 0 heterocycles. The summed E-state index contributed by atoms with van der Waals surface area (Å²) < 4.78 is 0. The molecular formula is C13H21NO2. The molecule has 0 bridgehead atoms. The Morgan fingerprint density at radius 2 is 2.31 bits per heavy atom. The molecule has 2 aliphatic rings. The summed E-state index contributed by atoms with van der Waals surface area (Å²) in [5.41, 5.74) is 0. The van der Waals surface area contributed by atoms with Gasteiger partial charge in [0, 0.05) is 6.04 Å². The summed E-state index contributed by atoms with van der Waals surface area (Å²) in [5.74, 6) is 1.09. The van der Waals surface area contributed by atoms with E-state index >= 15 is 0 Å². The molecule has 1 fully saturated rings. The van der Waals surface area contributed by atoms with Crippen LogP contribution in [0.3, 0.4) is 0 Å². The van der Waals surface area contributed by atoms with Crippen LogP contribution in [0.2, 0.25) is 0 Å². The van der Waals surface area contributed by atoms with Crippen molar-refractivity contribution in [1.82, 2.24) is 5.32 Å². The Bertz CT molecular complexity index is 298. The molecule has 0 aromatic heterocycles. The summed E-state index contributed by atoms with van der Waals surface area (Å²) in [6.07, 6.45) is 7.52. The average Bonchev–Trinajstić information content (AvgIpc) is 2.53. The Morgan fingerprint density at radius 1 is 1.56 bits per heavy atom. The maximum Gasteiger partial charge on any atom is 0.320 e. The molecule has 3 heteroatoms. The monoisotopic (exact) mass is 223 g/mol. The predicted octanol–water partition coefficient (Wildman–Crippen LogP) is 2.04. The van der Waals surface area contributed by atoms with Crippen molar-refractivity contribution in [2.45, 2.75) is 45.2 Å². The van der Waals surface area contributed by atoms with E-state index in [0.29, 0.717) is 24.3 Å². The maximum atomic E-state index is 11.1. The van der Waals surface area contributed by atoms with Gasteiger partial charge in [0.1, 0.15) is 6.04 Å². The molecule has 3 nitrogen and oxygen atoms in total. The van der Waals surface area contributed by atoms with Crippen LogP contribution in [-0.4, -0.2) is 23.2 Å². The van der Waals surface area contributed by atoms with Crippen LogP contribution < -0.4 is 5.32 Å². The van der Waals surface area contributed by atoms with Gasteiger partial charge in [0.25, 0.3) is 0 Å². The Labute approximate surface area is 96.9 Å². The number of aliphatic carboxylic acids is 1. The molecule has 16 heavy (non-hydrogen) atoms. The van der Waals surface area contributed by atoms with Gasteiger partial charge < -0.3 is 10.4 Å². The predicted molar refractivity (Wildman–Crippen MR) is 63.2 cm³/mol. The highest BCUT2D eigenvalue weighted by atomic mass is 16.4. The molecule has 0 aromatic carbocycles. The van der Waals surface area contributed by atoms with Crippen molar-refractivity contribution in [3.63, 3.8) is 0 Å². The van der Waals surface area contributed by atoms with Gasteiger partial charge in [0.2, 0.25) is 0 Å². The van der Waals surface area contributed by atoms with E-state index in [0.717, 1.165) is 12.3 Å². The first-order chi connectivity index (χ1) is 7.58. The van der Waals surface area contributed by atoms with Crippen molar-refractivity contribution in [3.05, 3.63) is 12.2 Å². The fourth-order valence-corrected chi connectivity index (χ4v) is 2.88. The van der Waals surface area contributed by atoms with Gasteiger partial charge in [0.05, 0.1) is 0 Å². The third-order valence-corrected chi connectivity index (χ3v) is 3.78. The van der Waals surface area contributed by atoms with Gasteiger partial charge in [-0.25, -0.2) is 0 Å². The number of nitrogens with one attached hydrogen (secondary N) is 1. The van der Waals surface area contributed by atoms with Crippen LogP contribution >= 0.6 is 0 Å². The lowest BCUT2D eigenvalue weighted by atomic mass is 9.71. The second-order valence-electron chi connectivity index (χ2n) is 5.53. The molecule has 1 saturated carbocycles. The SMILES string of the molecule is CC(C)CC(NC1CC2CC=CC21)C(=O)O. The molecule has 0 aromatic rings. The number of hydrogen-bond acceptors (Lipinski definition) is 2. The van der Waals surface area contributed by atoms with Gasteiger partial charge in [-0.2, -0.15) is 0 Å².